The Bertz CT molecular complexity index is 875. The van der Waals surface area contributed by atoms with Crippen molar-refractivity contribution in [2.75, 3.05) is 30.4 Å². The van der Waals surface area contributed by atoms with Crippen LogP contribution in [0, 0.1) is 5.92 Å². The molecule has 0 radical (unpaired) electrons. The molecule has 128 valence electrons. The number of hydrogen-bond acceptors (Lipinski definition) is 5. The van der Waals surface area contributed by atoms with E-state index < -0.39 is 0 Å². The van der Waals surface area contributed by atoms with Crippen LogP contribution in [0.3, 0.4) is 0 Å². The quantitative estimate of drug-likeness (QED) is 0.786. The molecule has 1 N–H and O–H groups in total. The van der Waals surface area contributed by atoms with Crippen molar-refractivity contribution in [3.63, 3.8) is 0 Å². The number of aromatic nitrogens is 3. The molecule has 1 aromatic carbocycles. The number of nitrogens with zero attached hydrogens (tertiary/aromatic N) is 4. The van der Waals surface area contributed by atoms with Crippen LogP contribution in [0.4, 0.5) is 11.5 Å². The average Bonchev–Trinajstić information content (AvgIpc) is 2.67. The van der Waals surface area contributed by atoms with E-state index in [1.54, 1.807) is 12.4 Å². The van der Waals surface area contributed by atoms with Gasteiger partial charge in [0.2, 0.25) is 0 Å². The topological polar surface area (TPSA) is 53.9 Å². The molecule has 4 rings (SSSR count). The van der Waals surface area contributed by atoms with Gasteiger partial charge in [-0.25, -0.2) is 9.97 Å². The van der Waals surface area contributed by atoms with E-state index in [9.17, 15) is 0 Å². The molecule has 1 unspecified atom stereocenters. The standard InChI is InChI=1S/C20H23N5/c1-14-4-3-11-25(13-14)16-7-5-15(6-8-16)17-12-18-19(20(21-2)24-17)23-10-9-22-18/h5-10,12,14H,3-4,11,13H2,1-2H3,(H,21,24). The highest BCUT2D eigenvalue weighted by Crippen LogP contribution is 2.28. The molecular formula is C20H23N5. The minimum absolute atomic E-state index is 0.759. The predicted octanol–water partition coefficient (Wildman–Crippen LogP) is 3.97. The summed E-state index contributed by atoms with van der Waals surface area (Å²) in [5, 5.41) is 3.13. The van der Waals surface area contributed by atoms with Crippen molar-refractivity contribution in [2.45, 2.75) is 19.8 Å². The molecule has 0 aliphatic carbocycles. The number of fused-ring (bicyclic) bond motifs is 1. The van der Waals surface area contributed by atoms with Crippen molar-refractivity contribution >= 4 is 22.5 Å². The highest BCUT2D eigenvalue weighted by atomic mass is 15.1. The van der Waals surface area contributed by atoms with Crippen LogP contribution >= 0.6 is 0 Å². The summed E-state index contributed by atoms with van der Waals surface area (Å²) in [6, 6.07) is 10.7. The molecule has 1 atom stereocenters. The molecule has 3 aromatic rings. The maximum Gasteiger partial charge on any atom is 0.154 e. The Kier molecular flexibility index (Phi) is 4.22. The van der Waals surface area contributed by atoms with Gasteiger partial charge in [0.1, 0.15) is 5.52 Å². The zero-order chi connectivity index (χ0) is 17.2. The summed E-state index contributed by atoms with van der Waals surface area (Å²) in [6.07, 6.45) is 6.02. The van der Waals surface area contributed by atoms with Crippen LogP contribution in [-0.4, -0.2) is 35.1 Å². The Balaban J connectivity index is 1.67. The van der Waals surface area contributed by atoms with Gasteiger partial charge < -0.3 is 10.2 Å². The molecule has 0 bridgehead atoms. The first-order chi connectivity index (χ1) is 12.2. The van der Waals surface area contributed by atoms with Crippen LogP contribution in [0.5, 0.6) is 0 Å². The van der Waals surface area contributed by atoms with Crippen LogP contribution in [0.25, 0.3) is 22.3 Å². The van der Waals surface area contributed by atoms with Crippen molar-refractivity contribution in [3.05, 3.63) is 42.7 Å². The van der Waals surface area contributed by atoms with Gasteiger partial charge in [0.05, 0.1) is 11.2 Å². The first kappa shape index (κ1) is 15.8. The summed E-state index contributed by atoms with van der Waals surface area (Å²) in [4.78, 5) is 16.0. The van der Waals surface area contributed by atoms with Crippen LogP contribution in [0.2, 0.25) is 0 Å². The molecule has 1 fully saturated rings. The second-order valence-electron chi connectivity index (χ2n) is 6.77. The van der Waals surface area contributed by atoms with Crippen molar-refractivity contribution in [2.24, 2.45) is 5.92 Å². The van der Waals surface area contributed by atoms with Gasteiger partial charge in [-0.2, -0.15) is 0 Å². The maximum absolute atomic E-state index is 4.72. The number of nitrogens with one attached hydrogen (secondary N) is 1. The van der Waals surface area contributed by atoms with E-state index >= 15 is 0 Å². The molecule has 1 aliphatic heterocycles. The van der Waals surface area contributed by atoms with Gasteiger partial charge in [-0.3, -0.25) is 4.98 Å². The van der Waals surface area contributed by atoms with Gasteiger partial charge in [-0.15, -0.1) is 0 Å². The summed E-state index contributed by atoms with van der Waals surface area (Å²) < 4.78 is 0. The van der Waals surface area contributed by atoms with E-state index in [4.69, 9.17) is 4.98 Å². The molecular weight excluding hydrogens is 310 g/mol. The van der Waals surface area contributed by atoms with E-state index in [2.05, 4.69) is 51.4 Å². The lowest BCUT2D eigenvalue weighted by Crippen LogP contribution is -2.34. The van der Waals surface area contributed by atoms with Gasteiger partial charge >= 0.3 is 0 Å². The fourth-order valence-corrected chi connectivity index (χ4v) is 3.56. The van der Waals surface area contributed by atoms with Crippen LogP contribution in [0.1, 0.15) is 19.8 Å². The molecule has 0 saturated carbocycles. The second kappa shape index (κ2) is 6.67. The minimum atomic E-state index is 0.759. The third-order valence-corrected chi connectivity index (χ3v) is 4.88. The molecule has 25 heavy (non-hydrogen) atoms. The number of hydrogen-bond donors (Lipinski definition) is 1. The Labute approximate surface area is 148 Å². The van der Waals surface area contributed by atoms with E-state index in [0.29, 0.717) is 0 Å². The molecule has 5 nitrogen and oxygen atoms in total. The van der Waals surface area contributed by atoms with Crippen LogP contribution < -0.4 is 10.2 Å². The first-order valence-corrected chi connectivity index (χ1v) is 8.89. The minimum Gasteiger partial charge on any atom is -0.371 e. The van der Waals surface area contributed by atoms with Crippen molar-refractivity contribution < 1.29 is 0 Å². The van der Waals surface area contributed by atoms with E-state index in [1.165, 1.54) is 18.5 Å². The van der Waals surface area contributed by atoms with E-state index in [0.717, 1.165) is 47.1 Å². The SMILES string of the molecule is CNc1nc(-c2ccc(N3CCCC(C)C3)cc2)cc2nccnc12. The fraction of sp³-hybridized carbons (Fsp3) is 0.350. The summed E-state index contributed by atoms with van der Waals surface area (Å²) in [5.41, 5.74) is 4.96. The number of piperidine rings is 1. The molecule has 1 saturated heterocycles. The van der Waals surface area contributed by atoms with Crippen LogP contribution in [-0.2, 0) is 0 Å². The average molecular weight is 333 g/mol. The monoisotopic (exact) mass is 333 g/mol. The second-order valence-corrected chi connectivity index (χ2v) is 6.77. The Morgan fingerprint density at radius 1 is 1.12 bits per heavy atom. The normalized spacial score (nSPS) is 17.7. The predicted molar refractivity (Wildman–Crippen MR) is 103 cm³/mol. The lowest BCUT2D eigenvalue weighted by atomic mass is 9.99. The summed E-state index contributed by atoms with van der Waals surface area (Å²) in [5.74, 6) is 1.53. The summed E-state index contributed by atoms with van der Waals surface area (Å²) >= 11 is 0. The molecule has 5 heteroatoms. The van der Waals surface area contributed by atoms with Gasteiger partial charge in [-0.1, -0.05) is 19.1 Å². The largest absolute Gasteiger partial charge is 0.371 e. The number of pyridine rings is 1. The zero-order valence-corrected chi connectivity index (χ0v) is 14.7. The third kappa shape index (κ3) is 3.14. The lowest BCUT2D eigenvalue weighted by molar-refractivity contribution is 0.447. The van der Waals surface area contributed by atoms with Gasteiger partial charge in [0.15, 0.2) is 5.82 Å². The maximum atomic E-state index is 4.72. The summed E-state index contributed by atoms with van der Waals surface area (Å²) in [7, 11) is 1.86. The molecule has 0 amide bonds. The Morgan fingerprint density at radius 3 is 2.68 bits per heavy atom. The van der Waals surface area contributed by atoms with Gasteiger partial charge in [0.25, 0.3) is 0 Å². The Morgan fingerprint density at radius 2 is 1.92 bits per heavy atom. The third-order valence-electron chi connectivity index (χ3n) is 4.88. The molecule has 2 aromatic heterocycles. The fourth-order valence-electron chi connectivity index (χ4n) is 3.56. The van der Waals surface area contributed by atoms with Crippen LogP contribution in [0.15, 0.2) is 42.7 Å². The molecule has 3 heterocycles. The van der Waals surface area contributed by atoms with Gasteiger partial charge in [-0.05, 0) is 37.0 Å². The molecule has 1 aliphatic rings. The van der Waals surface area contributed by atoms with Crippen molar-refractivity contribution in [1.82, 2.24) is 15.0 Å². The van der Waals surface area contributed by atoms with Crippen molar-refractivity contribution in [1.29, 1.82) is 0 Å². The van der Waals surface area contributed by atoms with E-state index in [1.807, 2.05) is 13.1 Å². The number of anilines is 2. The number of benzene rings is 1. The van der Waals surface area contributed by atoms with Crippen molar-refractivity contribution in [3.8, 4) is 11.3 Å². The first-order valence-electron chi connectivity index (χ1n) is 8.89. The number of rotatable bonds is 3. The highest BCUT2D eigenvalue weighted by Gasteiger charge is 2.16. The Hall–Kier alpha value is -2.69. The lowest BCUT2D eigenvalue weighted by Gasteiger charge is -2.32. The highest BCUT2D eigenvalue weighted by molar-refractivity contribution is 5.88. The van der Waals surface area contributed by atoms with Gasteiger partial charge in [0, 0.05) is 43.8 Å². The molecule has 0 spiro atoms. The summed E-state index contributed by atoms with van der Waals surface area (Å²) in [6.45, 7) is 4.63. The zero-order valence-electron chi connectivity index (χ0n) is 14.7. The smallest absolute Gasteiger partial charge is 0.154 e. The van der Waals surface area contributed by atoms with E-state index in [-0.39, 0.29) is 0 Å².